The predicted octanol–water partition coefficient (Wildman–Crippen LogP) is 3.58. The molecule has 0 saturated carbocycles. The highest BCUT2D eigenvalue weighted by atomic mass is 32.2. The maximum Gasteiger partial charge on any atom is 0.266 e. The summed E-state index contributed by atoms with van der Waals surface area (Å²) < 4.78 is 64.4. The third-order valence-corrected chi connectivity index (χ3v) is 7.04. The van der Waals surface area contributed by atoms with Crippen molar-refractivity contribution in [1.29, 1.82) is 0 Å². The Morgan fingerprint density at radius 2 is 1.84 bits per heavy atom. The van der Waals surface area contributed by atoms with Crippen molar-refractivity contribution < 1.29 is 26.7 Å². The number of rotatable bonds is 7. The molecule has 2 aromatic rings. The molecule has 2 heterocycles. The van der Waals surface area contributed by atoms with Crippen LogP contribution in [0.5, 0.6) is 11.8 Å². The van der Waals surface area contributed by atoms with E-state index < -0.39 is 22.9 Å². The summed E-state index contributed by atoms with van der Waals surface area (Å²) >= 11 is 0. The van der Waals surface area contributed by atoms with Gasteiger partial charge in [-0.2, -0.15) is 9.97 Å². The van der Waals surface area contributed by atoms with Gasteiger partial charge in [-0.3, -0.25) is 0 Å². The molecule has 0 spiro atoms. The lowest BCUT2D eigenvalue weighted by atomic mass is 9.72. The first kappa shape index (κ1) is 23.2. The topological polar surface area (TPSA) is 106 Å². The lowest BCUT2D eigenvalue weighted by molar-refractivity contribution is 0.146. The Balaban J connectivity index is 1.91. The summed E-state index contributed by atoms with van der Waals surface area (Å²) in [5.74, 6) is -0.214. The quantitative estimate of drug-likeness (QED) is 0.657. The molecule has 3 rings (SSSR count). The number of aromatic nitrogens is 3. The molecule has 0 radical (unpaired) electrons. The summed E-state index contributed by atoms with van der Waals surface area (Å²) in [4.78, 5) is 11.2. The standard InChI is InChI=1S/C20H28F2N4O4S/c1-20(2,3)11-6-7-12-14(8-11)23-10-15(12)31(27,28)26-19-24-17(29-4)13(9-16(21)22)18(25-19)30-5/h10-11,16,23H,6-9H2,1-5H3,(H,24,25,26). The first-order valence-electron chi connectivity index (χ1n) is 9.95. The van der Waals surface area contributed by atoms with Crippen molar-refractivity contribution >= 4 is 16.0 Å². The number of sulfonamides is 1. The van der Waals surface area contributed by atoms with Gasteiger partial charge >= 0.3 is 0 Å². The Hall–Kier alpha value is -2.43. The van der Waals surface area contributed by atoms with Crippen LogP contribution in [0.2, 0.25) is 0 Å². The highest BCUT2D eigenvalue weighted by molar-refractivity contribution is 7.92. The van der Waals surface area contributed by atoms with Crippen LogP contribution in [-0.2, 0) is 29.3 Å². The average Bonchev–Trinajstić information content (AvgIpc) is 3.11. The molecular formula is C20H28F2N4O4S. The average molecular weight is 459 g/mol. The number of alkyl halides is 2. The smallest absolute Gasteiger partial charge is 0.266 e. The zero-order valence-electron chi connectivity index (χ0n) is 18.3. The lowest BCUT2D eigenvalue weighted by Crippen LogP contribution is -2.27. The fourth-order valence-electron chi connectivity index (χ4n) is 3.91. The van der Waals surface area contributed by atoms with Crippen molar-refractivity contribution in [3.05, 3.63) is 23.0 Å². The molecule has 0 fully saturated rings. The maximum atomic E-state index is 13.1. The van der Waals surface area contributed by atoms with Gasteiger partial charge in [0.2, 0.25) is 24.1 Å². The third kappa shape index (κ3) is 4.91. The van der Waals surface area contributed by atoms with Gasteiger partial charge in [-0.05, 0) is 36.2 Å². The molecular weight excluding hydrogens is 430 g/mol. The Morgan fingerprint density at radius 1 is 1.23 bits per heavy atom. The van der Waals surface area contributed by atoms with Gasteiger partial charge in [0, 0.05) is 18.3 Å². The van der Waals surface area contributed by atoms with Crippen LogP contribution in [0.4, 0.5) is 14.7 Å². The van der Waals surface area contributed by atoms with Crippen LogP contribution in [0.15, 0.2) is 11.1 Å². The Kier molecular flexibility index (Phi) is 6.45. The van der Waals surface area contributed by atoms with E-state index in [4.69, 9.17) is 9.47 Å². The van der Waals surface area contributed by atoms with Crippen LogP contribution >= 0.6 is 0 Å². The Morgan fingerprint density at radius 3 is 2.35 bits per heavy atom. The van der Waals surface area contributed by atoms with Crippen LogP contribution in [-0.4, -0.2) is 44.0 Å². The van der Waals surface area contributed by atoms with Crippen LogP contribution in [0.1, 0.15) is 44.0 Å². The first-order valence-corrected chi connectivity index (χ1v) is 11.4. The SMILES string of the molecule is COc1nc(NS(=O)(=O)c2c[nH]c3c2CCC(C(C)(C)C)C3)nc(OC)c1CC(F)F. The zero-order chi connectivity index (χ0) is 23.0. The van der Waals surface area contributed by atoms with Gasteiger partial charge in [-0.25, -0.2) is 21.9 Å². The third-order valence-electron chi connectivity index (χ3n) is 5.65. The minimum atomic E-state index is -4.02. The normalized spacial score (nSPS) is 16.8. The summed E-state index contributed by atoms with van der Waals surface area (Å²) in [6.07, 6.45) is 0.415. The molecule has 11 heteroatoms. The largest absolute Gasteiger partial charge is 0.481 e. The number of methoxy groups -OCH3 is 2. The predicted molar refractivity (Wildman–Crippen MR) is 111 cm³/mol. The molecule has 1 aliphatic rings. The van der Waals surface area contributed by atoms with E-state index in [1.54, 1.807) is 0 Å². The van der Waals surface area contributed by atoms with Gasteiger partial charge in [0.1, 0.15) is 4.90 Å². The number of hydrogen-bond donors (Lipinski definition) is 2. The molecule has 2 aromatic heterocycles. The summed E-state index contributed by atoms with van der Waals surface area (Å²) in [5, 5.41) is 0. The van der Waals surface area contributed by atoms with E-state index in [0.717, 1.165) is 24.1 Å². The molecule has 2 N–H and O–H groups in total. The van der Waals surface area contributed by atoms with Crippen molar-refractivity contribution in [1.82, 2.24) is 15.0 Å². The molecule has 8 nitrogen and oxygen atoms in total. The minimum Gasteiger partial charge on any atom is -0.481 e. The summed E-state index contributed by atoms with van der Waals surface area (Å²) in [7, 11) is -1.51. The van der Waals surface area contributed by atoms with Crippen molar-refractivity contribution in [2.45, 2.75) is 57.8 Å². The zero-order valence-corrected chi connectivity index (χ0v) is 19.1. The molecule has 0 aliphatic heterocycles. The van der Waals surface area contributed by atoms with Gasteiger partial charge in [-0.1, -0.05) is 20.8 Å². The number of anilines is 1. The summed E-state index contributed by atoms with van der Waals surface area (Å²) in [5.41, 5.74) is 1.76. The second kappa shape index (κ2) is 8.60. The Labute approximate surface area is 180 Å². The van der Waals surface area contributed by atoms with Crippen LogP contribution in [0.25, 0.3) is 0 Å². The second-order valence-electron chi connectivity index (χ2n) is 8.66. The second-order valence-corrected chi connectivity index (χ2v) is 10.3. The number of halogens is 2. The number of aromatic amines is 1. The van der Waals surface area contributed by atoms with E-state index in [1.807, 2.05) is 0 Å². The van der Waals surface area contributed by atoms with Crippen LogP contribution in [0.3, 0.4) is 0 Å². The minimum absolute atomic E-state index is 0.0322. The highest BCUT2D eigenvalue weighted by Crippen LogP contribution is 2.39. The number of fused-ring (bicyclic) bond motifs is 1. The van der Waals surface area contributed by atoms with E-state index >= 15 is 0 Å². The lowest BCUT2D eigenvalue weighted by Gasteiger charge is -2.34. The maximum absolute atomic E-state index is 13.1. The van der Waals surface area contributed by atoms with E-state index in [-0.39, 0.29) is 33.6 Å². The molecule has 0 saturated heterocycles. The molecule has 0 bridgehead atoms. The van der Waals surface area contributed by atoms with Gasteiger partial charge < -0.3 is 14.5 Å². The summed E-state index contributed by atoms with van der Waals surface area (Å²) in [6.45, 7) is 6.54. The first-order chi connectivity index (χ1) is 14.5. The fraction of sp³-hybridized carbons (Fsp3) is 0.600. The molecule has 172 valence electrons. The number of nitrogens with one attached hydrogen (secondary N) is 2. The van der Waals surface area contributed by atoms with Gasteiger partial charge in [0.05, 0.1) is 19.8 Å². The fourth-order valence-corrected chi connectivity index (χ4v) is 5.11. The van der Waals surface area contributed by atoms with Crippen LogP contribution < -0.4 is 14.2 Å². The van der Waals surface area contributed by atoms with E-state index in [9.17, 15) is 17.2 Å². The summed E-state index contributed by atoms with van der Waals surface area (Å²) in [6, 6.07) is 0. The number of ether oxygens (including phenoxy) is 2. The van der Waals surface area contributed by atoms with E-state index in [0.29, 0.717) is 12.3 Å². The molecule has 1 atom stereocenters. The van der Waals surface area contributed by atoms with E-state index in [1.165, 1.54) is 20.4 Å². The van der Waals surface area contributed by atoms with Crippen molar-refractivity contribution in [2.75, 3.05) is 18.9 Å². The monoisotopic (exact) mass is 458 g/mol. The molecule has 1 unspecified atom stereocenters. The number of H-pyrrole nitrogens is 1. The highest BCUT2D eigenvalue weighted by Gasteiger charge is 2.33. The number of hydrogen-bond acceptors (Lipinski definition) is 6. The van der Waals surface area contributed by atoms with E-state index in [2.05, 4.69) is 40.4 Å². The molecule has 0 amide bonds. The number of nitrogens with zero attached hydrogens (tertiary/aromatic N) is 2. The van der Waals surface area contributed by atoms with Gasteiger partial charge in [0.15, 0.2) is 0 Å². The van der Waals surface area contributed by atoms with Crippen molar-refractivity contribution in [2.24, 2.45) is 11.3 Å². The molecule has 0 aromatic carbocycles. The molecule has 1 aliphatic carbocycles. The molecule has 31 heavy (non-hydrogen) atoms. The Bertz CT molecular complexity index is 1020. The van der Waals surface area contributed by atoms with Crippen molar-refractivity contribution in [3.8, 4) is 11.8 Å². The van der Waals surface area contributed by atoms with Crippen molar-refractivity contribution in [3.63, 3.8) is 0 Å². The van der Waals surface area contributed by atoms with Gasteiger partial charge in [-0.15, -0.1) is 0 Å². The van der Waals surface area contributed by atoms with Gasteiger partial charge in [0.25, 0.3) is 10.0 Å². The van der Waals surface area contributed by atoms with Crippen LogP contribution in [0, 0.1) is 11.3 Å².